The van der Waals surface area contributed by atoms with E-state index in [1.807, 2.05) is 6.92 Å². The Bertz CT molecular complexity index is 361. The zero-order valence-corrected chi connectivity index (χ0v) is 11.2. The predicted octanol–water partition coefficient (Wildman–Crippen LogP) is -0.958. The number of hydrogen-bond acceptors (Lipinski definition) is 4. The molecule has 3 N–H and O–H groups in total. The van der Waals surface area contributed by atoms with Crippen molar-refractivity contribution in [3.8, 4) is 0 Å². The molecule has 0 spiro atoms. The van der Waals surface area contributed by atoms with Crippen LogP contribution >= 0.6 is 0 Å². The van der Waals surface area contributed by atoms with Crippen molar-refractivity contribution in [1.82, 2.24) is 15.4 Å². The van der Waals surface area contributed by atoms with Crippen LogP contribution in [0.2, 0.25) is 0 Å². The lowest BCUT2D eigenvalue weighted by atomic mass is 9.83. The average molecular weight is 263 g/mol. The molecule has 1 heterocycles. The maximum Gasteiger partial charge on any atom is 0.227 e. The van der Waals surface area contributed by atoms with Crippen LogP contribution in [-0.4, -0.2) is 46.8 Å². The first-order valence-electron chi connectivity index (χ1n) is 5.86. The van der Waals surface area contributed by atoms with Gasteiger partial charge in [0, 0.05) is 13.1 Å². The Morgan fingerprint density at radius 1 is 1.47 bits per heavy atom. The van der Waals surface area contributed by atoms with Crippen LogP contribution in [0.5, 0.6) is 0 Å². The predicted molar refractivity (Wildman–Crippen MR) is 66.1 cm³/mol. The molecule has 0 aromatic heterocycles. The van der Waals surface area contributed by atoms with E-state index in [0.717, 1.165) is 19.4 Å². The van der Waals surface area contributed by atoms with Crippen molar-refractivity contribution < 1.29 is 13.2 Å². The minimum absolute atomic E-state index is 0.0451. The molecule has 1 fully saturated rings. The second-order valence-corrected chi connectivity index (χ2v) is 6.39. The van der Waals surface area contributed by atoms with Crippen LogP contribution in [0.1, 0.15) is 19.8 Å². The van der Waals surface area contributed by atoms with E-state index in [2.05, 4.69) is 15.4 Å². The molecule has 0 saturated carbocycles. The Labute approximate surface area is 103 Å². The summed E-state index contributed by atoms with van der Waals surface area (Å²) in [6, 6.07) is 0. The number of amides is 1. The lowest BCUT2D eigenvalue weighted by Gasteiger charge is -2.25. The molecule has 0 aliphatic carbocycles. The molecule has 1 atom stereocenters. The Balaban J connectivity index is 2.44. The largest absolute Gasteiger partial charge is 0.355 e. The minimum atomic E-state index is -3.25. The molecule has 0 radical (unpaired) electrons. The highest BCUT2D eigenvalue weighted by Crippen LogP contribution is 2.29. The topological polar surface area (TPSA) is 87.3 Å². The van der Waals surface area contributed by atoms with Gasteiger partial charge in [-0.3, -0.25) is 4.79 Å². The fourth-order valence-electron chi connectivity index (χ4n) is 1.99. The maximum atomic E-state index is 12.0. The van der Waals surface area contributed by atoms with Gasteiger partial charge in [-0.25, -0.2) is 13.1 Å². The Hall–Kier alpha value is -0.660. The molecule has 0 aromatic rings. The quantitative estimate of drug-likeness (QED) is 0.576. The summed E-state index contributed by atoms with van der Waals surface area (Å²) in [6.45, 7) is 3.66. The molecular weight excluding hydrogens is 242 g/mol. The number of carbonyl (C=O) groups is 1. The second-order valence-electron chi connectivity index (χ2n) is 4.34. The SMILES string of the molecule is CCC1(C(=O)NCCS(=O)(=O)NC)CCNC1. The highest BCUT2D eigenvalue weighted by atomic mass is 32.2. The summed E-state index contributed by atoms with van der Waals surface area (Å²) in [6.07, 6.45) is 1.58. The lowest BCUT2D eigenvalue weighted by Crippen LogP contribution is -2.44. The Kier molecular flexibility index (Phi) is 4.91. The molecule has 1 unspecified atom stereocenters. The highest BCUT2D eigenvalue weighted by Gasteiger charge is 2.39. The highest BCUT2D eigenvalue weighted by molar-refractivity contribution is 7.89. The maximum absolute atomic E-state index is 12.0. The first kappa shape index (κ1) is 14.4. The molecule has 7 heteroatoms. The van der Waals surface area contributed by atoms with Crippen LogP contribution < -0.4 is 15.4 Å². The van der Waals surface area contributed by atoms with Crippen LogP contribution in [0.15, 0.2) is 0 Å². The fraction of sp³-hybridized carbons (Fsp3) is 0.900. The summed E-state index contributed by atoms with van der Waals surface area (Å²) in [4.78, 5) is 12.0. The van der Waals surface area contributed by atoms with Gasteiger partial charge in [0.1, 0.15) is 0 Å². The lowest BCUT2D eigenvalue weighted by molar-refractivity contribution is -0.130. The van der Waals surface area contributed by atoms with Crippen LogP contribution in [0, 0.1) is 5.41 Å². The van der Waals surface area contributed by atoms with Crippen LogP contribution in [0.3, 0.4) is 0 Å². The van der Waals surface area contributed by atoms with Gasteiger partial charge in [0.05, 0.1) is 11.2 Å². The van der Waals surface area contributed by atoms with Gasteiger partial charge >= 0.3 is 0 Å². The first-order valence-corrected chi connectivity index (χ1v) is 7.51. The summed E-state index contributed by atoms with van der Waals surface area (Å²) < 4.78 is 24.6. The van der Waals surface area contributed by atoms with E-state index >= 15 is 0 Å². The fourth-order valence-corrected chi connectivity index (χ4v) is 2.56. The second kappa shape index (κ2) is 5.79. The van der Waals surface area contributed by atoms with E-state index in [9.17, 15) is 13.2 Å². The molecular formula is C10H21N3O3S. The van der Waals surface area contributed by atoms with Crippen molar-refractivity contribution in [3.05, 3.63) is 0 Å². The minimum Gasteiger partial charge on any atom is -0.355 e. The van der Waals surface area contributed by atoms with Gasteiger partial charge in [0.15, 0.2) is 0 Å². The number of hydrogen-bond donors (Lipinski definition) is 3. The summed E-state index contributed by atoms with van der Waals surface area (Å²) in [5.74, 6) is -0.126. The summed E-state index contributed by atoms with van der Waals surface area (Å²) in [5.41, 5.74) is -0.358. The van der Waals surface area contributed by atoms with Gasteiger partial charge in [0.25, 0.3) is 0 Å². The van der Waals surface area contributed by atoms with Crippen molar-refractivity contribution in [3.63, 3.8) is 0 Å². The molecule has 100 valence electrons. The third kappa shape index (κ3) is 3.65. The molecule has 17 heavy (non-hydrogen) atoms. The number of rotatable bonds is 6. The van der Waals surface area contributed by atoms with E-state index in [0.29, 0.717) is 6.54 Å². The third-order valence-corrected chi connectivity index (χ3v) is 4.73. The van der Waals surface area contributed by atoms with Crippen molar-refractivity contribution in [2.75, 3.05) is 32.4 Å². The Morgan fingerprint density at radius 2 is 2.18 bits per heavy atom. The van der Waals surface area contributed by atoms with E-state index in [1.165, 1.54) is 7.05 Å². The molecule has 0 aromatic carbocycles. The Morgan fingerprint density at radius 3 is 2.65 bits per heavy atom. The van der Waals surface area contributed by atoms with E-state index in [-0.39, 0.29) is 23.6 Å². The van der Waals surface area contributed by atoms with Crippen molar-refractivity contribution >= 4 is 15.9 Å². The molecule has 1 saturated heterocycles. The molecule has 0 bridgehead atoms. The van der Waals surface area contributed by atoms with Gasteiger partial charge in [-0.1, -0.05) is 6.92 Å². The summed E-state index contributed by atoms with van der Waals surface area (Å²) >= 11 is 0. The van der Waals surface area contributed by atoms with Crippen molar-refractivity contribution in [2.24, 2.45) is 5.41 Å². The van der Waals surface area contributed by atoms with Crippen molar-refractivity contribution in [1.29, 1.82) is 0 Å². The van der Waals surface area contributed by atoms with Gasteiger partial charge in [-0.2, -0.15) is 0 Å². The zero-order chi connectivity index (χ0) is 12.9. The van der Waals surface area contributed by atoms with E-state index in [1.54, 1.807) is 0 Å². The van der Waals surface area contributed by atoms with Crippen LogP contribution in [0.25, 0.3) is 0 Å². The van der Waals surface area contributed by atoms with E-state index < -0.39 is 10.0 Å². The van der Waals surface area contributed by atoms with Gasteiger partial charge in [-0.05, 0) is 26.4 Å². The molecule has 1 amide bonds. The molecule has 6 nitrogen and oxygen atoms in total. The molecule has 1 rings (SSSR count). The smallest absolute Gasteiger partial charge is 0.227 e. The monoisotopic (exact) mass is 263 g/mol. The van der Waals surface area contributed by atoms with Crippen LogP contribution in [0.4, 0.5) is 0 Å². The summed E-state index contributed by atoms with van der Waals surface area (Å²) in [7, 11) is -1.88. The van der Waals surface area contributed by atoms with Gasteiger partial charge in [-0.15, -0.1) is 0 Å². The average Bonchev–Trinajstić information content (AvgIpc) is 2.78. The normalized spacial score (nSPS) is 24.8. The first-order chi connectivity index (χ1) is 7.96. The van der Waals surface area contributed by atoms with Gasteiger partial charge in [0.2, 0.25) is 15.9 Å². The van der Waals surface area contributed by atoms with Gasteiger partial charge < -0.3 is 10.6 Å². The molecule has 1 aliphatic heterocycles. The number of carbonyl (C=O) groups excluding carboxylic acids is 1. The standard InChI is InChI=1S/C10H21N3O3S/c1-3-10(4-5-12-8-10)9(14)13-6-7-17(15,16)11-2/h11-12H,3-8H2,1-2H3,(H,13,14). The summed E-state index contributed by atoms with van der Waals surface area (Å²) in [5, 5.41) is 5.88. The van der Waals surface area contributed by atoms with Crippen LogP contribution in [-0.2, 0) is 14.8 Å². The zero-order valence-electron chi connectivity index (χ0n) is 10.4. The number of nitrogens with one attached hydrogen (secondary N) is 3. The molecule has 1 aliphatic rings. The van der Waals surface area contributed by atoms with Crippen molar-refractivity contribution in [2.45, 2.75) is 19.8 Å². The third-order valence-electron chi connectivity index (χ3n) is 3.37. The van der Waals surface area contributed by atoms with E-state index in [4.69, 9.17) is 0 Å². The number of sulfonamides is 1.